The highest BCUT2D eigenvalue weighted by Crippen LogP contribution is 2.27. The lowest BCUT2D eigenvalue weighted by Crippen LogP contribution is -2.33. The van der Waals surface area contributed by atoms with Crippen LogP contribution in [0, 0.1) is 12.8 Å². The third kappa shape index (κ3) is 3.56. The molecule has 1 aromatic rings. The number of carboxylic acid groups (broad SMARTS) is 1. The quantitative estimate of drug-likeness (QED) is 0.817. The minimum absolute atomic E-state index is 0.0533. The van der Waals surface area contributed by atoms with Crippen molar-refractivity contribution < 1.29 is 27.5 Å². The molecule has 0 aromatic carbocycles. The van der Waals surface area contributed by atoms with E-state index in [0.717, 1.165) is 4.31 Å². The fraction of sp³-hybridized carbons (Fsp3) is 0.571. The summed E-state index contributed by atoms with van der Waals surface area (Å²) >= 11 is 0. The van der Waals surface area contributed by atoms with Gasteiger partial charge in [-0.3, -0.25) is 9.59 Å². The van der Waals surface area contributed by atoms with E-state index in [9.17, 15) is 18.0 Å². The van der Waals surface area contributed by atoms with Crippen LogP contribution in [-0.4, -0.2) is 49.8 Å². The molecule has 0 unspecified atom stereocenters. The molecular weight excluding hydrogens is 324 g/mol. The molecule has 2 rings (SSSR count). The predicted octanol–water partition coefficient (Wildman–Crippen LogP) is 0.821. The molecular formula is C14H20N2O6S. The Kier molecular flexibility index (Phi) is 4.81. The van der Waals surface area contributed by atoms with Crippen LogP contribution in [0.3, 0.4) is 0 Å². The summed E-state index contributed by atoms with van der Waals surface area (Å²) < 4.78 is 30.5. The van der Waals surface area contributed by atoms with Gasteiger partial charge in [-0.2, -0.15) is 0 Å². The van der Waals surface area contributed by atoms with Crippen molar-refractivity contribution in [2.45, 2.75) is 37.1 Å². The van der Waals surface area contributed by atoms with Crippen LogP contribution in [0.1, 0.15) is 35.6 Å². The number of aryl methyl sites for hydroxylation is 1. The zero-order chi connectivity index (χ0) is 17.4. The van der Waals surface area contributed by atoms with Crippen molar-refractivity contribution in [3.05, 3.63) is 17.6 Å². The van der Waals surface area contributed by atoms with Gasteiger partial charge in [-0.1, -0.05) is 0 Å². The lowest BCUT2D eigenvalue weighted by Gasteiger charge is -2.10. The van der Waals surface area contributed by atoms with E-state index < -0.39 is 27.8 Å². The summed E-state index contributed by atoms with van der Waals surface area (Å²) in [6.45, 7) is 1.48. The number of hydrogen-bond acceptors (Lipinski definition) is 5. The summed E-state index contributed by atoms with van der Waals surface area (Å²) in [4.78, 5) is 23.0. The van der Waals surface area contributed by atoms with E-state index in [0.29, 0.717) is 19.3 Å². The molecule has 1 heterocycles. The molecule has 1 aliphatic carbocycles. The maximum Gasteiger partial charge on any atom is 0.306 e. The minimum Gasteiger partial charge on any atom is -0.481 e. The Morgan fingerprint density at radius 2 is 2.00 bits per heavy atom. The largest absolute Gasteiger partial charge is 0.481 e. The Labute approximate surface area is 134 Å². The average molecular weight is 344 g/mol. The van der Waals surface area contributed by atoms with Crippen LogP contribution in [0.4, 0.5) is 0 Å². The maximum atomic E-state index is 12.2. The van der Waals surface area contributed by atoms with Gasteiger partial charge in [0.1, 0.15) is 10.7 Å². The zero-order valence-electron chi connectivity index (χ0n) is 13.2. The van der Waals surface area contributed by atoms with Crippen LogP contribution in [0.25, 0.3) is 0 Å². The highest BCUT2D eigenvalue weighted by Gasteiger charge is 2.32. The van der Waals surface area contributed by atoms with E-state index in [1.54, 1.807) is 0 Å². The molecule has 9 heteroatoms. The molecule has 8 nitrogen and oxygen atoms in total. The molecule has 0 aliphatic heterocycles. The molecule has 0 spiro atoms. The molecule has 0 radical (unpaired) electrons. The van der Waals surface area contributed by atoms with Crippen LogP contribution in [0.15, 0.2) is 15.4 Å². The number of rotatable bonds is 5. The normalized spacial score (nSPS) is 21.6. The number of nitrogens with one attached hydrogen (secondary N) is 1. The SMILES string of the molecule is Cc1oc(C(=O)N[C@H]2CC[C@@H](C(=O)O)C2)cc1S(=O)(=O)N(C)C. The molecule has 1 fully saturated rings. The summed E-state index contributed by atoms with van der Waals surface area (Å²) in [5.74, 6) is -1.82. The summed E-state index contributed by atoms with van der Waals surface area (Å²) in [7, 11) is -0.896. The first-order valence-corrected chi connectivity index (χ1v) is 8.63. The van der Waals surface area contributed by atoms with Crippen LogP contribution >= 0.6 is 0 Å². The van der Waals surface area contributed by atoms with Gasteiger partial charge in [0, 0.05) is 26.2 Å². The molecule has 0 bridgehead atoms. The lowest BCUT2D eigenvalue weighted by molar-refractivity contribution is -0.141. The number of sulfonamides is 1. The molecule has 2 N–H and O–H groups in total. The van der Waals surface area contributed by atoms with Gasteiger partial charge in [0.05, 0.1) is 5.92 Å². The molecule has 23 heavy (non-hydrogen) atoms. The molecule has 0 saturated heterocycles. The van der Waals surface area contributed by atoms with E-state index in [1.165, 1.54) is 27.1 Å². The molecule has 1 aliphatic rings. The second-order valence-electron chi connectivity index (χ2n) is 5.84. The van der Waals surface area contributed by atoms with Gasteiger partial charge in [0.2, 0.25) is 10.0 Å². The van der Waals surface area contributed by atoms with Crippen molar-refractivity contribution in [2.24, 2.45) is 5.92 Å². The number of hydrogen-bond donors (Lipinski definition) is 2. The number of amides is 1. The van der Waals surface area contributed by atoms with E-state index in [2.05, 4.69) is 5.32 Å². The highest BCUT2D eigenvalue weighted by atomic mass is 32.2. The Hall–Kier alpha value is -1.87. The monoisotopic (exact) mass is 344 g/mol. The zero-order valence-corrected chi connectivity index (χ0v) is 14.0. The fourth-order valence-electron chi connectivity index (χ4n) is 2.62. The van der Waals surface area contributed by atoms with Gasteiger partial charge in [-0.25, -0.2) is 12.7 Å². The fourth-order valence-corrected chi connectivity index (χ4v) is 3.68. The first kappa shape index (κ1) is 17.5. The van der Waals surface area contributed by atoms with E-state index in [1.807, 2.05) is 0 Å². The Morgan fingerprint density at radius 1 is 1.35 bits per heavy atom. The Morgan fingerprint density at radius 3 is 2.52 bits per heavy atom. The maximum absolute atomic E-state index is 12.2. The third-order valence-corrected chi connectivity index (χ3v) is 5.89. The van der Waals surface area contributed by atoms with E-state index in [4.69, 9.17) is 9.52 Å². The standard InChI is InChI=1S/C14H20N2O6S/c1-8-12(23(20,21)16(2)3)7-11(22-8)13(17)15-10-5-4-9(6-10)14(18)19/h7,9-10H,4-6H2,1-3H3,(H,15,17)(H,18,19)/t9-,10+/m1/s1. The van der Waals surface area contributed by atoms with Crippen molar-refractivity contribution in [1.29, 1.82) is 0 Å². The average Bonchev–Trinajstić information content (AvgIpc) is 3.05. The molecule has 1 amide bonds. The predicted molar refractivity (Wildman–Crippen MR) is 80.5 cm³/mol. The lowest BCUT2D eigenvalue weighted by atomic mass is 10.1. The third-order valence-electron chi connectivity index (χ3n) is 3.97. The molecule has 1 saturated carbocycles. The number of nitrogens with zero attached hydrogens (tertiary/aromatic N) is 1. The van der Waals surface area contributed by atoms with Gasteiger partial charge in [-0.05, 0) is 26.2 Å². The second kappa shape index (κ2) is 6.32. The van der Waals surface area contributed by atoms with Crippen molar-refractivity contribution in [2.75, 3.05) is 14.1 Å². The van der Waals surface area contributed by atoms with Crippen LogP contribution in [0.5, 0.6) is 0 Å². The molecule has 1 aromatic heterocycles. The van der Waals surface area contributed by atoms with Crippen LogP contribution in [0.2, 0.25) is 0 Å². The topological polar surface area (TPSA) is 117 Å². The van der Waals surface area contributed by atoms with Gasteiger partial charge in [0.25, 0.3) is 5.91 Å². The van der Waals surface area contributed by atoms with Gasteiger partial charge >= 0.3 is 5.97 Å². The molecule has 2 atom stereocenters. The summed E-state index contributed by atoms with van der Waals surface area (Å²) in [6, 6.07) is 0.951. The Bertz CT molecular complexity index is 722. The highest BCUT2D eigenvalue weighted by molar-refractivity contribution is 7.89. The van der Waals surface area contributed by atoms with Crippen molar-refractivity contribution >= 4 is 21.9 Å². The van der Waals surface area contributed by atoms with Crippen LogP contribution in [-0.2, 0) is 14.8 Å². The number of carbonyl (C=O) groups is 2. The smallest absolute Gasteiger partial charge is 0.306 e. The second-order valence-corrected chi connectivity index (χ2v) is 7.96. The van der Waals surface area contributed by atoms with E-state index >= 15 is 0 Å². The number of carboxylic acids is 1. The van der Waals surface area contributed by atoms with Gasteiger partial charge in [0.15, 0.2) is 5.76 Å². The minimum atomic E-state index is -3.69. The number of aliphatic carboxylic acids is 1. The number of carbonyl (C=O) groups excluding carboxylic acids is 1. The van der Waals surface area contributed by atoms with Gasteiger partial charge < -0.3 is 14.8 Å². The van der Waals surface area contributed by atoms with Crippen LogP contribution < -0.4 is 5.32 Å². The summed E-state index contributed by atoms with van der Waals surface area (Å²) in [6.07, 6.45) is 1.45. The summed E-state index contributed by atoms with van der Waals surface area (Å²) in [5.41, 5.74) is 0. The van der Waals surface area contributed by atoms with Crippen molar-refractivity contribution in [3.63, 3.8) is 0 Å². The van der Waals surface area contributed by atoms with Gasteiger partial charge in [-0.15, -0.1) is 0 Å². The Balaban J connectivity index is 2.12. The summed E-state index contributed by atoms with van der Waals surface area (Å²) in [5, 5.41) is 11.7. The first-order valence-electron chi connectivity index (χ1n) is 7.19. The number of furan rings is 1. The van der Waals surface area contributed by atoms with Crippen molar-refractivity contribution in [3.8, 4) is 0 Å². The first-order chi connectivity index (χ1) is 10.6. The van der Waals surface area contributed by atoms with Crippen molar-refractivity contribution in [1.82, 2.24) is 9.62 Å². The molecule has 128 valence electrons. The van der Waals surface area contributed by atoms with E-state index in [-0.39, 0.29) is 22.5 Å².